The molecule has 1 saturated heterocycles. The molecule has 1 aliphatic heterocycles. The highest BCUT2D eigenvalue weighted by molar-refractivity contribution is 5.21. The molecule has 1 aromatic carbocycles. The van der Waals surface area contributed by atoms with E-state index in [-0.39, 0.29) is 0 Å². The standard InChI is InChI=1S/C15H24N2/c1-13-6-8-14(9-7-13)11-16-12-15-5-3-4-10-17(15)2/h6-9,15-16H,3-5,10-12H2,1-2H3. The molecule has 0 radical (unpaired) electrons. The molecule has 0 spiro atoms. The van der Waals surface area contributed by atoms with Gasteiger partial charge in [0.15, 0.2) is 0 Å². The zero-order valence-electron chi connectivity index (χ0n) is 11.1. The van der Waals surface area contributed by atoms with E-state index in [9.17, 15) is 0 Å². The van der Waals surface area contributed by atoms with Gasteiger partial charge in [0.2, 0.25) is 0 Å². The molecule has 0 aliphatic carbocycles. The van der Waals surface area contributed by atoms with Crippen LogP contribution in [0.5, 0.6) is 0 Å². The Kier molecular flexibility index (Phi) is 4.57. The molecule has 17 heavy (non-hydrogen) atoms. The van der Waals surface area contributed by atoms with Gasteiger partial charge in [-0.05, 0) is 38.9 Å². The van der Waals surface area contributed by atoms with Gasteiger partial charge in [0, 0.05) is 19.1 Å². The number of hydrogen-bond acceptors (Lipinski definition) is 2. The molecule has 0 saturated carbocycles. The molecule has 2 heteroatoms. The van der Waals surface area contributed by atoms with Crippen LogP contribution in [0, 0.1) is 6.92 Å². The van der Waals surface area contributed by atoms with Crippen molar-refractivity contribution in [2.75, 3.05) is 20.1 Å². The molecule has 0 bridgehead atoms. The summed E-state index contributed by atoms with van der Waals surface area (Å²) in [5, 5.41) is 3.58. The van der Waals surface area contributed by atoms with Crippen LogP contribution in [0.2, 0.25) is 0 Å². The summed E-state index contributed by atoms with van der Waals surface area (Å²) < 4.78 is 0. The third kappa shape index (κ3) is 3.83. The summed E-state index contributed by atoms with van der Waals surface area (Å²) in [5.41, 5.74) is 2.72. The second-order valence-electron chi connectivity index (χ2n) is 5.25. The van der Waals surface area contributed by atoms with Crippen LogP contribution >= 0.6 is 0 Å². The number of nitrogens with one attached hydrogen (secondary N) is 1. The highest BCUT2D eigenvalue weighted by atomic mass is 15.2. The molecule has 0 amide bonds. The maximum Gasteiger partial charge on any atom is 0.0217 e. The first-order valence-corrected chi connectivity index (χ1v) is 6.72. The highest BCUT2D eigenvalue weighted by Gasteiger charge is 2.17. The third-order valence-corrected chi connectivity index (χ3v) is 3.75. The number of nitrogens with zero attached hydrogens (tertiary/aromatic N) is 1. The monoisotopic (exact) mass is 232 g/mol. The van der Waals surface area contributed by atoms with Crippen molar-refractivity contribution < 1.29 is 0 Å². The molecule has 2 rings (SSSR count). The van der Waals surface area contributed by atoms with Crippen LogP contribution < -0.4 is 5.32 Å². The second-order valence-corrected chi connectivity index (χ2v) is 5.25. The number of aryl methyl sites for hydroxylation is 1. The molecule has 0 aromatic heterocycles. The van der Waals surface area contributed by atoms with Crippen molar-refractivity contribution in [3.05, 3.63) is 35.4 Å². The number of likely N-dealkylation sites (tertiary alicyclic amines) is 1. The summed E-state index contributed by atoms with van der Waals surface area (Å²) in [6.45, 7) is 5.50. The zero-order chi connectivity index (χ0) is 12.1. The van der Waals surface area contributed by atoms with E-state index in [0.717, 1.165) is 19.1 Å². The van der Waals surface area contributed by atoms with Crippen molar-refractivity contribution in [1.29, 1.82) is 0 Å². The molecule has 1 atom stereocenters. The lowest BCUT2D eigenvalue weighted by atomic mass is 10.0. The summed E-state index contributed by atoms with van der Waals surface area (Å²) in [6.07, 6.45) is 4.10. The van der Waals surface area contributed by atoms with Crippen molar-refractivity contribution in [3.8, 4) is 0 Å². The lowest BCUT2D eigenvalue weighted by Crippen LogP contribution is -2.42. The third-order valence-electron chi connectivity index (χ3n) is 3.75. The van der Waals surface area contributed by atoms with Gasteiger partial charge in [-0.15, -0.1) is 0 Å². The summed E-state index contributed by atoms with van der Waals surface area (Å²) >= 11 is 0. The van der Waals surface area contributed by atoms with E-state index >= 15 is 0 Å². The largest absolute Gasteiger partial charge is 0.311 e. The Labute approximate surface area is 105 Å². The molecule has 1 N–H and O–H groups in total. The Morgan fingerprint density at radius 3 is 2.71 bits per heavy atom. The van der Waals surface area contributed by atoms with Gasteiger partial charge >= 0.3 is 0 Å². The first kappa shape index (κ1) is 12.6. The van der Waals surface area contributed by atoms with Crippen LogP contribution in [0.25, 0.3) is 0 Å². The number of piperidine rings is 1. The van der Waals surface area contributed by atoms with Crippen LogP contribution in [0.4, 0.5) is 0 Å². The van der Waals surface area contributed by atoms with E-state index < -0.39 is 0 Å². The summed E-state index contributed by atoms with van der Waals surface area (Å²) in [4.78, 5) is 2.49. The first-order valence-electron chi connectivity index (χ1n) is 6.72. The quantitative estimate of drug-likeness (QED) is 0.858. The van der Waals surface area contributed by atoms with E-state index in [1.165, 1.54) is 36.9 Å². The molecule has 1 unspecified atom stereocenters. The Hall–Kier alpha value is -0.860. The van der Waals surface area contributed by atoms with Crippen molar-refractivity contribution in [2.45, 2.75) is 38.8 Å². The maximum atomic E-state index is 3.58. The van der Waals surface area contributed by atoms with Crippen LogP contribution in [-0.2, 0) is 6.54 Å². The highest BCUT2D eigenvalue weighted by Crippen LogP contribution is 2.14. The van der Waals surface area contributed by atoms with Crippen molar-refractivity contribution >= 4 is 0 Å². The minimum Gasteiger partial charge on any atom is -0.311 e. The van der Waals surface area contributed by atoms with Crippen LogP contribution in [-0.4, -0.2) is 31.1 Å². The van der Waals surface area contributed by atoms with Gasteiger partial charge in [-0.3, -0.25) is 0 Å². The topological polar surface area (TPSA) is 15.3 Å². The Balaban J connectivity index is 1.73. The number of likely N-dealkylation sites (N-methyl/N-ethyl adjacent to an activating group) is 1. The van der Waals surface area contributed by atoms with Gasteiger partial charge in [0.05, 0.1) is 0 Å². The number of benzene rings is 1. The van der Waals surface area contributed by atoms with Crippen LogP contribution in [0.15, 0.2) is 24.3 Å². The Morgan fingerprint density at radius 1 is 1.24 bits per heavy atom. The first-order chi connectivity index (χ1) is 8.25. The molecule has 94 valence electrons. The van der Waals surface area contributed by atoms with Gasteiger partial charge < -0.3 is 10.2 Å². The molecule has 1 aliphatic rings. The van der Waals surface area contributed by atoms with Gasteiger partial charge in [0.1, 0.15) is 0 Å². The van der Waals surface area contributed by atoms with Crippen molar-refractivity contribution in [2.24, 2.45) is 0 Å². The molecular weight excluding hydrogens is 208 g/mol. The van der Waals surface area contributed by atoms with Gasteiger partial charge in [0.25, 0.3) is 0 Å². The van der Waals surface area contributed by atoms with Crippen LogP contribution in [0.1, 0.15) is 30.4 Å². The Morgan fingerprint density at radius 2 is 2.00 bits per heavy atom. The second kappa shape index (κ2) is 6.18. The van der Waals surface area contributed by atoms with Crippen molar-refractivity contribution in [1.82, 2.24) is 10.2 Å². The van der Waals surface area contributed by atoms with E-state index in [2.05, 4.69) is 48.5 Å². The predicted molar refractivity (Wildman–Crippen MR) is 73.2 cm³/mol. The normalized spacial score (nSPS) is 21.6. The predicted octanol–water partition coefficient (Wildman–Crippen LogP) is 2.57. The Bertz CT molecular complexity index is 331. The van der Waals surface area contributed by atoms with E-state index in [0.29, 0.717) is 0 Å². The summed E-state index contributed by atoms with van der Waals surface area (Å²) in [7, 11) is 2.25. The smallest absolute Gasteiger partial charge is 0.0217 e. The minimum atomic E-state index is 0.731. The average Bonchev–Trinajstić information content (AvgIpc) is 2.34. The minimum absolute atomic E-state index is 0.731. The molecule has 1 aromatic rings. The summed E-state index contributed by atoms with van der Waals surface area (Å²) in [6, 6.07) is 9.53. The summed E-state index contributed by atoms with van der Waals surface area (Å²) in [5.74, 6) is 0. The SMILES string of the molecule is Cc1ccc(CNCC2CCCCN2C)cc1. The average molecular weight is 232 g/mol. The number of rotatable bonds is 4. The zero-order valence-corrected chi connectivity index (χ0v) is 11.1. The van der Waals surface area contributed by atoms with Gasteiger partial charge in [-0.2, -0.15) is 0 Å². The van der Waals surface area contributed by atoms with E-state index in [4.69, 9.17) is 0 Å². The fourth-order valence-electron chi connectivity index (χ4n) is 2.49. The van der Waals surface area contributed by atoms with Crippen molar-refractivity contribution in [3.63, 3.8) is 0 Å². The van der Waals surface area contributed by atoms with Gasteiger partial charge in [-0.1, -0.05) is 36.2 Å². The molecule has 1 fully saturated rings. The lowest BCUT2D eigenvalue weighted by Gasteiger charge is -2.32. The van der Waals surface area contributed by atoms with Gasteiger partial charge in [-0.25, -0.2) is 0 Å². The maximum absolute atomic E-state index is 3.58. The van der Waals surface area contributed by atoms with Crippen LogP contribution in [0.3, 0.4) is 0 Å². The fraction of sp³-hybridized carbons (Fsp3) is 0.600. The molecular formula is C15H24N2. The van der Waals surface area contributed by atoms with E-state index in [1.54, 1.807) is 0 Å². The van der Waals surface area contributed by atoms with E-state index in [1.807, 2.05) is 0 Å². The molecule has 2 nitrogen and oxygen atoms in total. The molecule has 1 heterocycles. The lowest BCUT2D eigenvalue weighted by molar-refractivity contribution is 0.181. The fourth-order valence-corrected chi connectivity index (χ4v) is 2.49. The number of hydrogen-bond donors (Lipinski definition) is 1.